The Morgan fingerprint density at radius 1 is 1.15 bits per heavy atom. The fraction of sp³-hybridized carbons (Fsp3) is 0.174. The van der Waals surface area contributed by atoms with Gasteiger partial charge >= 0.3 is 5.97 Å². The first kappa shape index (κ1) is 22.7. The fourth-order valence-corrected chi connectivity index (χ4v) is 5.06. The summed E-state index contributed by atoms with van der Waals surface area (Å²) in [5, 5.41) is 0.510. The molecular weight excluding hydrogens is 462 g/mol. The summed E-state index contributed by atoms with van der Waals surface area (Å²) in [5.41, 5.74) is 3.04. The van der Waals surface area contributed by atoms with Gasteiger partial charge < -0.3 is 9.72 Å². The lowest BCUT2D eigenvalue weighted by Crippen LogP contribution is -2.14. The maximum atomic E-state index is 12.9. The number of H-pyrrole nitrogens is 1. The number of nitrogens with one attached hydrogen (secondary N) is 2. The molecule has 33 heavy (non-hydrogen) atoms. The molecule has 0 saturated carbocycles. The highest BCUT2D eigenvalue weighted by Gasteiger charge is 2.17. The molecule has 0 unspecified atom stereocenters. The van der Waals surface area contributed by atoms with E-state index in [0.29, 0.717) is 10.2 Å². The fourth-order valence-electron chi connectivity index (χ4n) is 3.44. The zero-order valence-electron chi connectivity index (χ0n) is 18.1. The lowest BCUT2D eigenvalue weighted by Gasteiger charge is -2.07. The number of ether oxygens (including phenoxy) is 1. The van der Waals surface area contributed by atoms with Crippen LogP contribution in [0.5, 0.6) is 0 Å². The van der Waals surface area contributed by atoms with Crippen LogP contribution in [-0.2, 0) is 21.4 Å². The molecule has 0 spiro atoms. The topological polar surface area (TPSA) is 118 Å². The molecule has 0 bridgehead atoms. The van der Waals surface area contributed by atoms with Gasteiger partial charge in [-0.2, -0.15) is 0 Å². The number of hydrogen-bond donors (Lipinski definition) is 2. The number of hydrogen-bond acceptors (Lipinski definition) is 7. The van der Waals surface area contributed by atoms with E-state index in [0.717, 1.165) is 27.8 Å². The SMILES string of the molecule is Cc1ccc(-c2c(C)sc3nc(COC(=O)c4cccc(NS(C)(=O)=O)c4)[nH]c(=O)c23)cc1. The quantitative estimate of drug-likeness (QED) is 0.400. The van der Waals surface area contributed by atoms with Crippen LogP contribution in [0.15, 0.2) is 53.3 Å². The van der Waals surface area contributed by atoms with Crippen LogP contribution in [-0.4, -0.2) is 30.6 Å². The van der Waals surface area contributed by atoms with Crippen LogP contribution in [0, 0.1) is 13.8 Å². The molecule has 0 aliphatic rings. The van der Waals surface area contributed by atoms with Crippen LogP contribution in [0.3, 0.4) is 0 Å². The number of aromatic amines is 1. The minimum atomic E-state index is -3.48. The number of benzene rings is 2. The van der Waals surface area contributed by atoms with Gasteiger partial charge in [-0.3, -0.25) is 9.52 Å². The van der Waals surface area contributed by atoms with Crippen LogP contribution in [0.4, 0.5) is 5.69 Å². The first-order valence-electron chi connectivity index (χ1n) is 9.95. The smallest absolute Gasteiger partial charge is 0.338 e. The highest BCUT2D eigenvalue weighted by molar-refractivity contribution is 7.92. The summed E-state index contributed by atoms with van der Waals surface area (Å²) in [5.74, 6) is -0.444. The molecule has 0 fully saturated rings. The molecule has 170 valence electrons. The zero-order valence-corrected chi connectivity index (χ0v) is 19.8. The van der Waals surface area contributed by atoms with Crippen molar-refractivity contribution in [3.63, 3.8) is 0 Å². The third-order valence-corrected chi connectivity index (χ3v) is 6.47. The second kappa shape index (κ2) is 8.80. The van der Waals surface area contributed by atoms with E-state index in [1.165, 1.54) is 35.6 Å². The molecule has 0 saturated heterocycles. The summed E-state index contributed by atoms with van der Waals surface area (Å²) in [6.07, 6.45) is 1.02. The molecule has 10 heteroatoms. The number of anilines is 1. The van der Waals surface area contributed by atoms with E-state index in [-0.39, 0.29) is 29.2 Å². The van der Waals surface area contributed by atoms with Crippen molar-refractivity contribution in [2.45, 2.75) is 20.5 Å². The van der Waals surface area contributed by atoms with E-state index in [4.69, 9.17) is 4.74 Å². The Kier molecular flexibility index (Phi) is 6.05. The minimum absolute atomic E-state index is 0.167. The molecule has 0 aliphatic heterocycles. The monoisotopic (exact) mass is 483 g/mol. The van der Waals surface area contributed by atoms with Gasteiger partial charge in [-0.25, -0.2) is 18.2 Å². The van der Waals surface area contributed by atoms with E-state index in [2.05, 4.69) is 14.7 Å². The molecule has 2 aromatic carbocycles. The average molecular weight is 484 g/mol. The molecule has 0 radical (unpaired) electrons. The maximum Gasteiger partial charge on any atom is 0.338 e. The van der Waals surface area contributed by atoms with Crippen LogP contribution in [0.1, 0.15) is 26.6 Å². The summed E-state index contributed by atoms with van der Waals surface area (Å²) in [7, 11) is -3.48. The summed E-state index contributed by atoms with van der Waals surface area (Å²) < 4.78 is 30.4. The van der Waals surface area contributed by atoms with Gasteiger partial charge in [0.15, 0.2) is 0 Å². The Labute approximate surface area is 194 Å². The van der Waals surface area contributed by atoms with Gasteiger partial charge in [0.1, 0.15) is 17.3 Å². The van der Waals surface area contributed by atoms with Crippen molar-refractivity contribution < 1.29 is 17.9 Å². The summed E-state index contributed by atoms with van der Waals surface area (Å²) in [6, 6.07) is 13.9. The van der Waals surface area contributed by atoms with Gasteiger partial charge in [-0.15, -0.1) is 11.3 Å². The Morgan fingerprint density at radius 2 is 1.88 bits per heavy atom. The maximum absolute atomic E-state index is 12.9. The van der Waals surface area contributed by atoms with Crippen LogP contribution in [0.25, 0.3) is 21.3 Å². The van der Waals surface area contributed by atoms with Gasteiger partial charge in [-0.1, -0.05) is 35.9 Å². The summed E-state index contributed by atoms with van der Waals surface area (Å²) >= 11 is 1.41. The number of sulfonamides is 1. The van der Waals surface area contributed by atoms with E-state index in [9.17, 15) is 18.0 Å². The lowest BCUT2D eigenvalue weighted by molar-refractivity contribution is 0.0462. The first-order valence-corrected chi connectivity index (χ1v) is 12.7. The van der Waals surface area contributed by atoms with Crippen molar-refractivity contribution in [2.24, 2.45) is 0 Å². The number of thiophene rings is 1. The van der Waals surface area contributed by atoms with Gasteiger partial charge in [0.25, 0.3) is 5.56 Å². The number of carbonyl (C=O) groups excluding carboxylic acids is 1. The molecule has 0 amide bonds. The van der Waals surface area contributed by atoms with Gasteiger partial charge in [-0.05, 0) is 37.6 Å². The van der Waals surface area contributed by atoms with Crippen molar-refractivity contribution in [3.8, 4) is 11.1 Å². The third-order valence-electron chi connectivity index (χ3n) is 4.87. The van der Waals surface area contributed by atoms with Gasteiger partial charge in [0, 0.05) is 16.1 Å². The molecule has 8 nitrogen and oxygen atoms in total. The van der Waals surface area contributed by atoms with Crippen LogP contribution in [0.2, 0.25) is 0 Å². The van der Waals surface area contributed by atoms with E-state index in [1.807, 2.05) is 38.1 Å². The third kappa shape index (κ3) is 5.12. The second-order valence-electron chi connectivity index (χ2n) is 7.62. The number of rotatable bonds is 6. The van der Waals surface area contributed by atoms with E-state index >= 15 is 0 Å². The van der Waals surface area contributed by atoms with E-state index < -0.39 is 16.0 Å². The molecule has 2 heterocycles. The number of carbonyl (C=O) groups is 1. The lowest BCUT2D eigenvalue weighted by atomic mass is 10.0. The van der Waals surface area contributed by atoms with Crippen molar-refractivity contribution in [1.82, 2.24) is 9.97 Å². The predicted molar refractivity (Wildman–Crippen MR) is 129 cm³/mol. The minimum Gasteiger partial charge on any atom is -0.454 e. The molecule has 2 aromatic heterocycles. The summed E-state index contributed by atoms with van der Waals surface area (Å²) in [4.78, 5) is 34.0. The number of aromatic nitrogens is 2. The highest BCUT2D eigenvalue weighted by atomic mass is 32.2. The Balaban J connectivity index is 1.57. The molecule has 4 aromatic rings. The number of fused-ring (bicyclic) bond motifs is 1. The van der Waals surface area contributed by atoms with Crippen LogP contribution >= 0.6 is 11.3 Å². The number of esters is 1. The molecule has 2 N–H and O–H groups in total. The number of nitrogens with zero attached hydrogens (tertiary/aromatic N) is 1. The number of aryl methyl sites for hydroxylation is 2. The standard InChI is InChI=1S/C23H21N3O5S2/c1-13-7-9-15(10-8-13)19-14(2)32-22-20(19)21(27)24-18(25-22)12-31-23(28)16-5-4-6-17(11-16)26-33(3,29)30/h4-11,26H,12H2,1-3H3,(H,24,25,27). The Hall–Kier alpha value is -3.50. The van der Waals surface area contributed by atoms with E-state index in [1.54, 1.807) is 0 Å². The van der Waals surface area contributed by atoms with Crippen molar-refractivity contribution >= 4 is 43.2 Å². The normalized spacial score (nSPS) is 11.5. The predicted octanol–water partition coefficient (Wildman–Crippen LogP) is 4.00. The van der Waals surface area contributed by atoms with Gasteiger partial charge in [0.05, 0.1) is 17.2 Å². The highest BCUT2D eigenvalue weighted by Crippen LogP contribution is 2.35. The van der Waals surface area contributed by atoms with Crippen molar-refractivity contribution in [1.29, 1.82) is 0 Å². The molecular formula is C23H21N3O5S2. The van der Waals surface area contributed by atoms with Crippen molar-refractivity contribution in [3.05, 3.63) is 80.7 Å². The first-order chi connectivity index (χ1) is 15.6. The average Bonchev–Trinajstić information content (AvgIpc) is 3.08. The zero-order chi connectivity index (χ0) is 23.8. The van der Waals surface area contributed by atoms with Crippen LogP contribution < -0.4 is 10.3 Å². The second-order valence-corrected chi connectivity index (χ2v) is 10.6. The largest absolute Gasteiger partial charge is 0.454 e. The Bertz CT molecular complexity index is 1520. The summed E-state index contributed by atoms with van der Waals surface area (Å²) in [6.45, 7) is 3.71. The molecule has 4 rings (SSSR count). The molecule has 0 aliphatic carbocycles. The van der Waals surface area contributed by atoms with Crippen molar-refractivity contribution in [2.75, 3.05) is 11.0 Å². The van der Waals surface area contributed by atoms with Gasteiger partial charge in [0.2, 0.25) is 10.0 Å². The Morgan fingerprint density at radius 3 is 2.58 bits per heavy atom. The molecule has 0 atom stereocenters.